The maximum Gasteiger partial charge on any atom is 0.0183 e. The van der Waals surface area contributed by atoms with Gasteiger partial charge in [-0.25, -0.2) is 0 Å². The van der Waals surface area contributed by atoms with Gasteiger partial charge in [0.2, 0.25) is 0 Å². The van der Waals surface area contributed by atoms with Crippen molar-refractivity contribution in [3.8, 4) is 0 Å². The van der Waals surface area contributed by atoms with Crippen molar-refractivity contribution in [1.82, 2.24) is 0 Å². The topological polar surface area (TPSA) is 0 Å². The predicted octanol–water partition coefficient (Wildman–Crippen LogP) is 3.89. The van der Waals surface area contributed by atoms with Crippen LogP contribution in [0, 0.1) is 0 Å². The van der Waals surface area contributed by atoms with E-state index in [4.69, 9.17) is 0 Å². The molecule has 0 amide bonds. The molecule has 0 N–H and O–H groups in total. The van der Waals surface area contributed by atoms with Crippen LogP contribution in [0.4, 0.5) is 0 Å². The lowest BCUT2D eigenvalue weighted by Crippen LogP contribution is -2.01. The second-order valence-electron chi connectivity index (χ2n) is 4.17. The molecule has 0 heterocycles. The molecule has 14 heavy (non-hydrogen) atoms. The lowest BCUT2D eigenvalue weighted by molar-refractivity contribution is 0.828. The molecular formula is C13H17Br. The molecule has 1 heteroatoms. The molecule has 76 valence electrons. The van der Waals surface area contributed by atoms with Crippen molar-refractivity contribution in [1.29, 1.82) is 0 Å². The minimum absolute atomic E-state index is 0.641. The summed E-state index contributed by atoms with van der Waals surface area (Å²) in [7, 11) is 0. The Morgan fingerprint density at radius 1 is 1.29 bits per heavy atom. The van der Waals surface area contributed by atoms with E-state index in [-0.39, 0.29) is 0 Å². The molecule has 0 saturated heterocycles. The van der Waals surface area contributed by atoms with Crippen LogP contribution in [0.5, 0.6) is 0 Å². The summed E-state index contributed by atoms with van der Waals surface area (Å²) in [6.07, 6.45) is 6.31. The molecule has 0 fully saturated rings. The van der Waals surface area contributed by atoms with Crippen molar-refractivity contribution in [3.63, 3.8) is 0 Å². The Labute approximate surface area is 94.8 Å². The average molecular weight is 253 g/mol. The van der Waals surface area contributed by atoms with Crippen LogP contribution in [-0.4, -0.2) is 4.83 Å². The highest BCUT2D eigenvalue weighted by Crippen LogP contribution is 2.24. The van der Waals surface area contributed by atoms with E-state index in [9.17, 15) is 0 Å². The van der Waals surface area contributed by atoms with E-state index in [0.717, 1.165) is 0 Å². The zero-order valence-corrected chi connectivity index (χ0v) is 10.3. The lowest BCUT2D eigenvalue weighted by atomic mass is 10.0. The van der Waals surface area contributed by atoms with Gasteiger partial charge in [0.15, 0.2) is 0 Å². The monoisotopic (exact) mass is 252 g/mol. The minimum atomic E-state index is 0.641. The third kappa shape index (κ3) is 2.20. The highest BCUT2D eigenvalue weighted by molar-refractivity contribution is 9.09. The molecule has 0 radical (unpaired) electrons. The summed E-state index contributed by atoms with van der Waals surface area (Å²) in [6.45, 7) is 2.23. The van der Waals surface area contributed by atoms with E-state index in [1.165, 1.54) is 37.7 Å². The Bertz CT molecular complexity index is 317. The van der Waals surface area contributed by atoms with Gasteiger partial charge in [-0.2, -0.15) is 0 Å². The summed E-state index contributed by atoms with van der Waals surface area (Å²) in [5.74, 6) is 0. The molecule has 0 bridgehead atoms. The molecule has 1 aliphatic rings. The van der Waals surface area contributed by atoms with Gasteiger partial charge in [0, 0.05) is 4.83 Å². The minimum Gasteiger partial charge on any atom is -0.0887 e. The van der Waals surface area contributed by atoms with Crippen LogP contribution < -0.4 is 0 Å². The van der Waals surface area contributed by atoms with E-state index in [0.29, 0.717) is 4.83 Å². The van der Waals surface area contributed by atoms with Crippen LogP contribution in [0.3, 0.4) is 0 Å². The van der Waals surface area contributed by atoms with E-state index in [1.54, 1.807) is 11.1 Å². The predicted molar refractivity (Wildman–Crippen MR) is 65.2 cm³/mol. The average Bonchev–Trinajstić information content (AvgIpc) is 2.64. The smallest absolute Gasteiger partial charge is 0.0183 e. The Kier molecular flexibility index (Phi) is 3.27. The maximum atomic E-state index is 3.69. The first-order valence-electron chi connectivity index (χ1n) is 5.54. The van der Waals surface area contributed by atoms with Crippen molar-refractivity contribution < 1.29 is 0 Å². The van der Waals surface area contributed by atoms with Gasteiger partial charge < -0.3 is 0 Å². The lowest BCUT2D eigenvalue weighted by Gasteiger charge is -2.08. The number of rotatable bonds is 3. The highest BCUT2D eigenvalue weighted by atomic mass is 79.9. The second-order valence-corrected chi connectivity index (χ2v) is 5.46. The highest BCUT2D eigenvalue weighted by Gasteiger charge is 2.11. The van der Waals surface area contributed by atoms with Gasteiger partial charge in [-0.1, -0.05) is 41.1 Å². The van der Waals surface area contributed by atoms with Gasteiger partial charge in [0.25, 0.3) is 0 Å². The normalized spacial score (nSPS) is 16.7. The Hall–Kier alpha value is -0.300. The third-order valence-corrected chi connectivity index (χ3v) is 4.03. The fourth-order valence-corrected chi connectivity index (χ4v) is 2.53. The third-order valence-electron chi connectivity index (χ3n) is 3.06. The molecule has 0 nitrogen and oxygen atoms in total. The largest absolute Gasteiger partial charge is 0.0887 e. The van der Waals surface area contributed by atoms with Crippen molar-refractivity contribution in [2.24, 2.45) is 0 Å². The van der Waals surface area contributed by atoms with Gasteiger partial charge >= 0.3 is 0 Å². The first-order chi connectivity index (χ1) is 6.79. The number of benzene rings is 1. The van der Waals surface area contributed by atoms with Crippen molar-refractivity contribution in [2.45, 2.75) is 43.9 Å². The summed E-state index contributed by atoms with van der Waals surface area (Å²) in [6, 6.07) is 7.04. The molecule has 0 aliphatic heterocycles. The maximum absolute atomic E-state index is 3.69. The van der Waals surface area contributed by atoms with E-state index in [1.807, 2.05) is 0 Å². The van der Waals surface area contributed by atoms with Gasteiger partial charge in [-0.05, 0) is 48.8 Å². The molecule has 1 aromatic carbocycles. The van der Waals surface area contributed by atoms with E-state index >= 15 is 0 Å². The molecular weight excluding hydrogens is 236 g/mol. The molecule has 1 atom stereocenters. The SMILES string of the molecule is CCC(Br)Cc1ccc2c(c1)CCC2. The number of hydrogen-bond donors (Lipinski definition) is 0. The second kappa shape index (κ2) is 4.48. The Morgan fingerprint density at radius 2 is 2.07 bits per heavy atom. The summed E-state index contributed by atoms with van der Waals surface area (Å²) in [5.41, 5.74) is 4.67. The number of hydrogen-bond acceptors (Lipinski definition) is 0. The number of alkyl halides is 1. The van der Waals surface area contributed by atoms with Crippen LogP contribution in [0.25, 0.3) is 0 Å². The van der Waals surface area contributed by atoms with Crippen molar-refractivity contribution >= 4 is 15.9 Å². The van der Waals surface area contributed by atoms with E-state index in [2.05, 4.69) is 41.1 Å². The fraction of sp³-hybridized carbons (Fsp3) is 0.538. The zero-order chi connectivity index (χ0) is 9.97. The van der Waals surface area contributed by atoms with Crippen LogP contribution in [0.15, 0.2) is 18.2 Å². The summed E-state index contributed by atoms with van der Waals surface area (Å²) < 4.78 is 0. The quantitative estimate of drug-likeness (QED) is 0.717. The molecule has 1 aromatic rings. The summed E-state index contributed by atoms with van der Waals surface area (Å²) in [5, 5.41) is 0. The zero-order valence-electron chi connectivity index (χ0n) is 8.72. The Morgan fingerprint density at radius 3 is 2.86 bits per heavy atom. The van der Waals surface area contributed by atoms with Gasteiger partial charge in [-0.3, -0.25) is 0 Å². The molecule has 1 unspecified atom stereocenters. The van der Waals surface area contributed by atoms with Gasteiger partial charge in [0.05, 0.1) is 0 Å². The molecule has 0 saturated carbocycles. The Balaban J connectivity index is 2.12. The standard InChI is InChI=1S/C13H17Br/c1-2-13(14)9-10-6-7-11-4-3-5-12(11)8-10/h6-8,13H,2-5,9H2,1H3. The molecule has 0 aromatic heterocycles. The van der Waals surface area contributed by atoms with Crippen LogP contribution in [-0.2, 0) is 19.3 Å². The van der Waals surface area contributed by atoms with Gasteiger partial charge in [-0.15, -0.1) is 0 Å². The first kappa shape index (κ1) is 10.2. The van der Waals surface area contributed by atoms with Crippen LogP contribution in [0.1, 0.15) is 36.5 Å². The first-order valence-corrected chi connectivity index (χ1v) is 6.46. The van der Waals surface area contributed by atoms with E-state index < -0.39 is 0 Å². The van der Waals surface area contributed by atoms with Gasteiger partial charge in [0.1, 0.15) is 0 Å². The molecule has 0 spiro atoms. The summed E-state index contributed by atoms with van der Waals surface area (Å²) in [4.78, 5) is 0.641. The number of fused-ring (bicyclic) bond motifs is 1. The van der Waals surface area contributed by atoms with Crippen molar-refractivity contribution in [3.05, 3.63) is 34.9 Å². The van der Waals surface area contributed by atoms with Crippen LogP contribution >= 0.6 is 15.9 Å². The number of aryl methyl sites for hydroxylation is 2. The van der Waals surface area contributed by atoms with Crippen LogP contribution in [0.2, 0.25) is 0 Å². The summed E-state index contributed by atoms with van der Waals surface area (Å²) >= 11 is 3.69. The fourth-order valence-electron chi connectivity index (χ4n) is 2.15. The molecule has 1 aliphatic carbocycles. The van der Waals surface area contributed by atoms with Crippen molar-refractivity contribution in [2.75, 3.05) is 0 Å². The number of halogens is 1. The molecule has 2 rings (SSSR count).